The van der Waals surface area contributed by atoms with E-state index in [9.17, 15) is 56.6 Å². The minimum atomic E-state index is -3.65. The summed E-state index contributed by atoms with van der Waals surface area (Å²) in [6, 6.07) is 29.7. The molecule has 0 amide bonds. The fraction of sp³-hybridized carbons (Fsp3) is 0.425. The number of imidazole rings is 4. The van der Waals surface area contributed by atoms with E-state index < -0.39 is 52.6 Å². The molecule has 1 saturated carbocycles. The zero-order valence-electron chi connectivity index (χ0n) is 78.2. The number of anilines is 4. The second-order valence-electron chi connectivity index (χ2n) is 32.1. The van der Waals surface area contributed by atoms with E-state index in [0.29, 0.717) is 71.5 Å². The second kappa shape index (κ2) is 58.4. The lowest BCUT2D eigenvalue weighted by atomic mass is 9.87. The Bertz CT molecular complexity index is 6750. The van der Waals surface area contributed by atoms with E-state index in [0.717, 1.165) is 101 Å². The molecule has 12 N–H and O–H groups in total. The number of benzene rings is 4. The number of hydrogen-bond donors (Lipinski definition) is 8. The molecule has 0 bridgehead atoms. The van der Waals surface area contributed by atoms with Gasteiger partial charge in [-0.2, -0.15) is 19.9 Å². The Labute approximate surface area is 871 Å². The van der Waals surface area contributed by atoms with Gasteiger partial charge in [-0.15, -0.1) is 6.58 Å². The van der Waals surface area contributed by atoms with E-state index in [1.54, 1.807) is 25.2 Å². The van der Waals surface area contributed by atoms with Gasteiger partial charge in [-0.25, -0.2) is 19.9 Å². The molecule has 12 aromatic rings. The normalized spacial score (nSPS) is 13.9. The number of carbonyl (C=O) groups excluding carboxylic acids is 4. The van der Waals surface area contributed by atoms with Crippen LogP contribution in [0, 0.1) is 11.3 Å². The predicted molar refractivity (Wildman–Crippen MR) is 564 cm³/mol. The molecule has 0 spiro atoms. The van der Waals surface area contributed by atoms with Gasteiger partial charge in [-0.1, -0.05) is 199 Å². The first-order valence-corrected chi connectivity index (χ1v) is 58.3. The Kier molecular flexibility index (Phi) is 47.6. The number of carbonyl (C=O) groups is 4. The van der Waals surface area contributed by atoms with E-state index in [1.807, 2.05) is 97.1 Å². The standard InChI is InChI=1S/C24H33BrN5O6PS.C22H27BrN5O6PS.C21H25BrN5O6PS.C20H25BrN5O6PS/c1-24(2,3)8-7-19(31)38-12-11-35-37(33,36-14-17-5-4-6-18(25)13-17)16-34-10-9-30-15-27-20-21(30)28-23(26)29-22(20)32;23-17-6-1-3-15(11-17)12-34-35(31,33-9-10-36-21(30)16-4-2-5-16)14-32-8-7-28-13-25-18-19(28)26-22(24)27-20(18)29;1-2-4-17(28)35-10-9-32-34(30,33-12-15-5-3-6-16(22)11-15)14-31-8-7-27-13-24-18-19(27)25-21(23)26-20(18)29;1-2-16(27)34-9-8-31-33(29,32-11-14-4-3-5-15(21)10-14)13-30-7-6-26-12-23-17-18(26)24-20(22)25-19(17)28/h4-6,13,15H,7-12,14,16H2,1-3H3,(H3,26,28,29,32);1,3,6,11,13,16H,2,4-5,7-10,12,14H2,(H3,24,26,27,29);2-3,5-6,11,13H,1,4,7-10,12,14H2,(H3,23,25,26,29);3-5,10,12H,2,6-9,11,13H2,1H3,(H3,22,24,25,28). The van der Waals surface area contributed by atoms with E-state index in [4.69, 9.17) is 78.1 Å². The molecule has 0 radical (unpaired) electrons. The van der Waals surface area contributed by atoms with Gasteiger partial charge in [-0.3, -0.25) is 76.6 Å². The smallest absolute Gasteiger partial charge is 0.356 e. The monoisotopic (exact) mass is 2390 g/mol. The summed E-state index contributed by atoms with van der Waals surface area (Å²) in [5.74, 6) is 1.50. The van der Waals surface area contributed by atoms with Gasteiger partial charge in [-0.05, 0) is 95.5 Å². The molecule has 13 rings (SSSR count). The first-order valence-electron chi connectivity index (χ1n) is 44.2. The van der Waals surface area contributed by atoms with Crippen LogP contribution in [0.5, 0.6) is 0 Å². The number of fused-ring (bicyclic) bond motifs is 4. The average molecular weight is 2390 g/mol. The van der Waals surface area contributed by atoms with Crippen molar-refractivity contribution in [3.8, 4) is 0 Å². The van der Waals surface area contributed by atoms with Crippen LogP contribution >= 0.6 is 141 Å². The van der Waals surface area contributed by atoms with Crippen LogP contribution in [0.1, 0.15) is 94.9 Å². The fourth-order valence-electron chi connectivity index (χ4n) is 12.4. The Morgan fingerprint density at radius 2 is 0.706 bits per heavy atom. The molecule has 44 nitrogen and oxygen atoms in total. The van der Waals surface area contributed by atoms with Crippen LogP contribution < -0.4 is 45.2 Å². The van der Waals surface area contributed by atoms with Crippen LogP contribution in [0.15, 0.2) is 172 Å². The highest BCUT2D eigenvalue weighted by Crippen LogP contribution is 2.53. The Balaban J connectivity index is 0.000000196. The minimum Gasteiger partial charge on any atom is -0.369 e. The van der Waals surface area contributed by atoms with Gasteiger partial charge in [0.25, 0.3) is 22.2 Å². The van der Waals surface area contributed by atoms with Crippen molar-refractivity contribution in [2.75, 3.05) is 124 Å². The van der Waals surface area contributed by atoms with E-state index in [-0.39, 0.29) is 202 Å². The van der Waals surface area contributed by atoms with Gasteiger partial charge >= 0.3 is 30.4 Å². The fourth-order valence-corrected chi connectivity index (χ4v) is 22.6. The maximum Gasteiger partial charge on any atom is 0.356 e. The molecule has 1 aliphatic carbocycles. The van der Waals surface area contributed by atoms with Crippen molar-refractivity contribution in [3.05, 3.63) is 217 Å². The van der Waals surface area contributed by atoms with Crippen molar-refractivity contribution < 1.29 is 92.6 Å². The molecule has 56 heteroatoms. The van der Waals surface area contributed by atoms with Crippen molar-refractivity contribution in [2.24, 2.45) is 11.3 Å². The molecule has 8 aromatic heterocycles. The van der Waals surface area contributed by atoms with Crippen molar-refractivity contribution in [1.29, 1.82) is 0 Å². The summed E-state index contributed by atoms with van der Waals surface area (Å²) in [7, 11) is -14.5. The summed E-state index contributed by atoms with van der Waals surface area (Å²) >= 11 is 18.2. The van der Waals surface area contributed by atoms with E-state index >= 15 is 0 Å². The van der Waals surface area contributed by atoms with Crippen molar-refractivity contribution in [1.82, 2.24) is 78.1 Å². The highest BCUT2D eigenvalue weighted by atomic mass is 79.9. The number of halogens is 4. The lowest BCUT2D eigenvalue weighted by molar-refractivity contribution is -0.116. The summed E-state index contributed by atoms with van der Waals surface area (Å²) in [5, 5.41) is 0.215. The third kappa shape index (κ3) is 40.0. The Hall–Kier alpha value is -8.34. The van der Waals surface area contributed by atoms with Gasteiger partial charge in [0.15, 0.2) is 65.1 Å². The number of nitrogens with zero attached hydrogens (tertiary/aromatic N) is 12. The van der Waals surface area contributed by atoms with Crippen LogP contribution in [-0.2, 0) is 145 Å². The summed E-state index contributed by atoms with van der Waals surface area (Å²) in [6.45, 7) is 13.8. The number of thioether (sulfide) groups is 4. The number of rotatable bonds is 54. The van der Waals surface area contributed by atoms with Gasteiger partial charge in [0.2, 0.25) is 23.8 Å². The zero-order valence-corrected chi connectivity index (χ0v) is 91.4. The van der Waals surface area contributed by atoms with E-state index in [2.05, 4.69) is 151 Å². The van der Waals surface area contributed by atoms with Crippen LogP contribution in [0.4, 0.5) is 23.8 Å². The molecule has 4 atom stereocenters. The predicted octanol–water partition coefficient (Wildman–Crippen LogP) is 16.1. The number of hydrogen-bond acceptors (Lipinski definition) is 40. The molecular formula is C87H110Br4N20O24P4S4. The molecule has 1 fully saturated rings. The lowest BCUT2D eigenvalue weighted by Crippen LogP contribution is -2.20. The third-order valence-electron chi connectivity index (χ3n) is 19.8. The van der Waals surface area contributed by atoms with Gasteiger partial charge in [0.05, 0.1) is 105 Å². The number of nitrogen functional groups attached to an aromatic ring is 4. The highest BCUT2D eigenvalue weighted by molar-refractivity contribution is 9.11. The molecule has 4 unspecified atom stereocenters. The van der Waals surface area contributed by atoms with Gasteiger partial charge < -0.3 is 96.3 Å². The summed E-state index contributed by atoms with van der Waals surface area (Å²) in [4.78, 5) is 137. The lowest BCUT2D eigenvalue weighted by Gasteiger charge is -2.23. The molecule has 0 aliphatic heterocycles. The summed E-state index contributed by atoms with van der Waals surface area (Å²) in [6.07, 6.45) is 11.1. The van der Waals surface area contributed by atoms with Crippen molar-refractivity contribution in [2.45, 2.75) is 125 Å². The summed E-state index contributed by atoms with van der Waals surface area (Å²) < 4.78 is 131. The number of H-pyrrole nitrogens is 4. The first kappa shape index (κ1) is 117. The van der Waals surface area contributed by atoms with Crippen LogP contribution in [0.2, 0.25) is 0 Å². The average Bonchev–Trinajstić information content (AvgIpc) is 1.67. The number of nitrogens with one attached hydrogen (secondary N) is 4. The van der Waals surface area contributed by atoms with Crippen molar-refractivity contribution >= 4 is 230 Å². The zero-order chi connectivity index (χ0) is 103. The maximum absolute atomic E-state index is 13.5. The molecule has 8 heterocycles. The molecule has 774 valence electrons. The molecule has 1 aliphatic rings. The number of allylic oxidation sites excluding steroid dienone is 1. The maximum atomic E-state index is 13.5. The van der Waals surface area contributed by atoms with Gasteiger partial charge in [0.1, 0.15) is 25.4 Å². The number of nitrogens with two attached hydrogens (primary N) is 4. The largest absolute Gasteiger partial charge is 0.369 e. The second-order valence-corrected chi connectivity index (χ2v) is 48.4. The van der Waals surface area contributed by atoms with Crippen LogP contribution in [-0.4, -0.2) is 200 Å². The topological polar surface area (TPSA) is 606 Å². The van der Waals surface area contributed by atoms with Crippen LogP contribution in [0.25, 0.3) is 44.7 Å². The SMILES string of the molecule is C=CCC(=O)SCCOP(=O)(COCCn1cnc2c(=O)[nH]c(N)nc21)OCc1cccc(Br)c1.CC(C)(C)CCC(=O)SCCOP(=O)(COCCn1cnc2c(=O)[nH]c(N)nc21)OCc1cccc(Br)c1.CCC(=O)SCCOP(=O)(COCCn1cnc2c(=O)[nH]c(N)nc21)OCc1cccc(Br)c1.Nc1nc2c(ncn2CCOCP(=O)(OCCSC(=O)C2CCC2)OCc2cccc(Br)c2)c(=O)[nH]1. The molecule has 0 saturated heterocycles. The third-order valence-corrected chi connectivity index (χ3v) is 31.9. The minimum absolute atomic E-state index is 0.0114. The quantitative estimate of drug-likeness (QED) is 0.00997. The molecular weight excluding hydrogens is 2280 g/mol. The van der Waals surface area contributed by atoms with Gasteiger partial charge in [0, 0.05) is 92.3 Å². The number of aromatic nitrogens is 16. The number of ether oxygens (including phenoxy) is 4. The summed E-state index contributed by atoms with van der Waals surface area (Å²) in [5.41, 5.74) is 26.1. The Morgan fingerprint density at radius 1 is 0.427 bits per heavy atom. The van der Waals surface area contributed by atoms with Crippen LogP contribution in [0.3, 0.4) is 0 Å². The Morgan fingerprint density at radius 3 is 0.965 bits per heavy atom. The highest BCUT2D eigenvalue weighted by Gasteiger charge is 2.32. The van der Waals surface area contributed by atoms with E-state index in [1.165, 1.54) is 43.1 Å². The molecule has 143 heavy (non-hydrogen) atoms. The van der Waals surface area contributed by atoms with Crippen molar-refractivity contribution in [3.63, 3.8) is 0 Å². The number of aromatic amines is 4. The first-order chi connectivity index (χ1) is 68.4. The molecule has 4 aromatic carbocycles.